The van der Waals surface area contributed by atoms with Crippen LogP contribution in [0.3, 0.4) is 0 Å². The number of anilines is 2. The third-order valence-electron chi connectivity index (χ3n) is 9.62. The molecule has 0 N–H and O–H groups in total. The molecule has 292 valence electrons. The van der Waals surface area contributed by atoms with Crippen LogP contribution < -0.4 is 19.3 Å². The van der Waals surface area contributed by atoms with E-state index in [1.54, 1.807) is 44.9 Å². The fourth-order valence-corrected chi connectivity index (χ4v) is 8.07. The van der Waals surface area contributed by atoms with E-state index in [2.05, 4.69) is 65.4 Å². The van der Waals surface area contributed by atoms with E-state index < -0.39 is 0 Å². The maximum atomic E-state index is 6.04. The predicted octanol–water partition coefficient (Wildman–Crippen LogP) is 6.65. The SMILES string of the molecule is COc1cc(CCN2CCN(c3nc(-c4cc(Cl)ccn4)ns3)CC2)ccn1.COc1ccc(CCN2CCN(c3nc(-c4ccc(Cl)cn4)ns3)CC2)cc1. The molecule has 0 spiro atoms. The van der Waals surface area contributed by atoms with Gasteiger partial charge in [0.1, 0.15) is 17.1 Å². The van der Waals surface area contributed by atoms with Gasteiger partial charge in [0.25, 0.3) is 0 Å². The first kappa shape index (κ1) is 39.7. The molecule has 0 bridgehead atoms. The molecule has 56 heavy (non-hydrogen) atoms. The van der Waals surface area contributed by atoms with Gasteiger partial charge in [0.05, 0.1) is 19.2 Å². The molecule has 5 aromatic heterocycles. The van der Waals surface area contributed by atoms with Gasteiger partial charge in [0.2, 0.25) is 16.1 Å². The largest absolute Gasteiger partial charge is 0.497 e. The van der Waals surface area contributed by atoms with Crippen LogP contribution in [-0.4, -0.2) is 123 Å². The molecule has 0 unspecified atom stereocenters. The summed E-state index contributed by atoms with van der Waals surface area (Å²) in [6.07, 6.45) is 7.14. The smallest absolute Gasteiger partial charge is 0.213 e. The quantitative estimate of drug-likeness (QED) is 0.131. The van der Waals surface area contributed by atoms with E-state index in [9.17, 15) is 0 Å². The molecular weight excluding hydrogens is 790 g/mol. The van der Waals surface area contributed by atoms with Gasteiger partial charge in [-0.15, -0.1) is 0 Å². The second kappa shape index (κ2) is 19.6. The number of aromatic nitrogens is 7. The molecule has 0 radical (unpaired) electrons. The van der Waals surface area contributed by atoms with Gasteiger partial charge in [-0.1, -0.05) is 35.3 Å². The molecule has 0 saturated carbocycles. The van der Waals surface area contributed by atoms with Crippen molar-refractivity contribution in [1.82, 2.24) is 43.5 Å². The molecule has 0 atom stereocenters. The van der Waals surface area contributed by atoms with Gasteiger partial charge in [0.15, 0.2) is 11.6 Å². The van der Waals surface area contributed by atoms with Gasteiger partial charge < -0.3 is 19.3 Å². The minimum atomic E-state index is 0.616. The summed E-state index contributed by atoms with van der Waals surface area (Å²) in [4.78, 5) is 31.7. The molecular formula is C39H43Cl2N11O2S2. The Kier molecular flexibility index (Phi) is 13.9. The second-order valence-corrected chi connectivity index (χ2v) is 15.6. The lowest BCUT2D eigenvalue weighted by Gasteiger charge is -2.34. The Balaban J connectivity index is 0.000000172. The number of hydrogen-bond donors (Lipinski definition) is 0. The number of hydrogen-bond acceptors (Lipinski definition) is 15. The standard InChI is InChI=1S/C20H22ClN5OS.C19H21ClN6OS/c1-27-17-5-2-15(3-6-17)8-9-25-10-12-26(13-11-25)20-23-19(24-28-20)18-7-4-16(21)14-22-18;1-27-17-12-14(2-5-22-17)4-7-25-8-10-26(11-9-25)19-23-18(24-28-19)16-13-15(20)3-6-21-16/h2-7,14H,8-13H2,1H3;2-3,5-6,12-13H,4,7-11H2,1H3. The zero-order valence-corrected chi connectivity index (χ0v) is 34.4. The van der Waals surface area contributed by atoms with Crippen LogP contribution in [0.1, 0.15) is 11.1 Å². The summed E-state index contributed by atoms with van der Waals surface area (Å²) in [6.45, 7) is 9.98. The first-order valence-electron chi connectivity index (χ1n) is 18.4. The van der Waals surface area contributed by atoms with Crippen molar-refractivity contribution >= 4 is 56.5 Å². The Labute approximate surface area is 345 Å². The molecule has 13 nitrogen and oxygen atoms in total. The van der Waals surface area contributed by atoms with Crippen LogP contribution in [0.4, 0.5) is 10.3 Å². The zero-order valence-electron chi connectivity index (χ0n) is 31.3. The van der Waals surface area contributed by atoms with E-state index in [0.29, 0.717) is 33.3 Å². The maximum absolute atomic E-state index is 6.04. The summed E-state index contributed by atoms with van der Waals surface area (Å²) in [7, 11) is 3.34. The summed E-state index contributed by atoms with van der Waals surface area (Å²) in [5.41, 5.74) is 4.05. The molecule has 2 aliphatic rings. The third kappa shape index (κ3) is 10.9. The van der Waals surface area contributed by atoms with Crippen molar-refractivity contribution in [2.24, 2.45) is 0 Å². The van der Waals surface area contributed by atoms with E-state index >= 15 is 0 Å². The van der Waals surface area contributed by atoms with E-state index in [-0.39, 0.29) is 0 Å². The number of piperazine rings is 2. The van der Waals surface area contributed by atoms with Gasteiger partial charge in [0, 0.05) is 118 Å². The molecule has 6 aromatic rings. The van der Waals surface area contributed by atoms with Crippen LogP contribution in [0, 0.1) is 0 Å². The third-order valence-corrected chi connectivity index (χ3v) is 11.6. The lowest BCUT2D eigenvalue weighted by molar-refractivity contribution is 0.261. The van der Waals surface area contributed by atoms with Crippen LogP contribution in [0.2, 0.25) is 10.0 Å². The molecule has 0 aliphatic carbocycles. The highest BCUT2D eigenvalue weighted by Gasteiger charge is 2.22. The van der Waals surface area contributed by atoms with Crippen LogP contribution in [0.5, 0.6) is 11.6 Å². The van der Waals surface area contributed by atoms with Crippen molar-refractivity contribution in [3.63, 3.8) is 0 Å². The number of halogens is 2. The van der Waals surface area contributed by atoms with Crippen molar-refractivity contribution < 1.29 is 9.47 Å². The van der Waals surface area contributed by atoms with Crippen molar-refractivity contribution in [3.05, 3.63) is 100 Å². The Morgan fingerprint density at radius 3 is 1.77 bits per heavy atom. The van der Waals surface area contributed by atoms with Gasteiger partial charge >= 0.3 is 0 Å². The molecule has 0 amide bonds. The fraction of sp³-hybridized carbons (Fsp3) is 0.359. The van der Waals surface area contributed by atoms with Gasteiger partial charge in [-0.3, -0.25) is 19.8 Å². The van der Waals surface area contributed by atoms with Gasteiger partial charge in [-0.2, -0.15) is 18.7 Å². The average molecular weight is 833 g/mol. The Hall–Kier alpha value is -4.51. The Morgan fingerprint density at radius 1 is 0.589 bits per heavy atom. The van der Waals surface area contributed by atoms with Crippen LogP contribution >= 0.6 is 46.3 Å². The summed E-state index contributed by atoms with van der Waals surface area (Å²) < 4.78 is 19.3. The molecule has 2 fully saturated rings. The fourth-order valence-electron chi connectivity index (χ4n) is 6.34. The van der Waals surface area contributed by atoms with Gasteiger partial charge in [-0.25, -0.2) is 4.98 Å². The Bertz CT molecular complexity index is 2120. The Morgan fingerprint density at radius 2 is 1.20 bits per heavy atom. The van der Waals surface area contributed by atoms with Crippen molar-refractivity contribution in [1.29, 1.82) is 0 Å². The van der Waals surface area contributed by atoms with Crippen molar-refractivity contribution in [2.75, 3.05) is 89.5 Å². The van der Waals surface area contributed by atoms with Gasteiger partial charge in [-0.05, 0) is 66.4 Å². The number of pyridine rings is 3. The average Bonchev–Trinajstić information content (AvgIpc) is 3.95. The molecule has 17 heteroatoms. The van der Waals surface area contributed by atoms with Crippen molar-refractivity contribution in [2.45, 2.75) is 12.8 Å². The molecule has 8 rings (SSSR count). The van der Waals surface area contributed by atoms with E-state index in [4.69, 9.17) is 32.7 Å². The lowest BCUT2D eigenvalue weighted by atomic mass is 10.1. The molecule has 1 aromatic carbocycles. The topological polar surface area (TPSA) is 122 Å². The monoisotopic (exact) mass is 831 g/mol. The maximum Gasteiger partial charge on any atom is 0.213 e. The summed E-state index contributed by atoms with van der Waals surface area (Å²) in [5, 5.41) is 3.16. The minimum Gasteiger partial charge on any atom is -0.497 e. The highest BCUT2D eigenvalue weighted by Crippen LogP contribution is 2.26. The van der Waals surface area contributed by atoms with Crippen molar-refractivity contribution in [3.8, 4) is 34.7 Å². The van der Waals surface area contributed by atoms with Crippen LogP contribution in [-0.2, 0) is 12.8 Å². The summed E-state index contributed by atoms with van der Waals surface area (Å²) in [6, 6.07) is 19.6. The first-order chi connectivity index (χ1) is 27.4. The van der Waals surface area contributed by atoms with Crippen LogP contribution in [0.15, 0.2) is 79.3 Å². The first-order valence-corrected chi connectivity index (χ1v) is 20.7. The number of ether oxygens (including phenoxy) is 2. The molecule has 2 aliphatic heterocycles. The zero-order chi connectivity index (χ0) is 38.7. The van der Waals surface area contributed by atoms with Crippen LogP contribution in [0.25, 0.3) is 23.0 Å². The lowest BCUT2D eigenvalue weighted by Crippen LogP contribution is -2.47. The number of benzene rings is 1. The van der Waals surface area contributed by atoms with E-state index in [1.807, 2.05) is 36.4 Å². The van der Waals surface area contributed by atoms with E-state index in [1.165, 1.54) is 34.2 Å². The summed E-state index contributed by atoms with van der Waals surface area (Å²) in [5.74, 6) is 2.88. The highest BCUT2D eigenvalue weighted by atomic mass is 35.5. The normalized spacial score (nSPS) is 15.0. The molecule has 7 heterocycles. The summed E-state index contributed by atoms with van der Waals surface area (Å²) >= 11 is 14.8. The highest BCUT2D eigenvalue weighted by molar-refractivity contribution is 7.10. The second-order valence-electron chi connectivity index (χ2n) is 13.2. The van der Waals surface area contributed by atoms with E-state index in [0.717, 1.165) is 100.0 Å². The predicted molar refractivity (Wildman–Crippen MR) is 225 cm³/mol. The number of rotatable bonds is 12. The number of nitrogens with zero attached hydrogens (tertiary/aromatic N) is 11. The number of methoxy groups -OCH3 is 2. The minimum absolute atomic E-state index is 0.616. The molecule has 2 saturated heterocycles.